The summed E-state index contributed by atoms with van der Waals surface area (Å²) < 4.78 is 11.0. The van der Waals surface area contributed by atoms with E-state index in [1.807, 2.05) is 0 Å². The lowest BCUT2D eigenvalue weighted by molar-refractivity contribution is -0.120. The first kappa shape index (κ1) is 28.3. The molecule has 0 unspecified atom stereocenters. The standard InChI is InChI=1S/C25H19Cl4N3O5/c1-2-36-22-9-14(3-8-21(22)37-25(35)17-6-5-16(26)11-19(17)28)12-31-32-23(33)13-30-24(34)15-4-7-18(27)20(29)10-15/h3-12H,2,13H2,1H3,(H,30,34)(H,32,33). The number of hydrogen-bond donors (Lipinski definition) is 2. The van der Waals surface area contributed by atoms with Crippen LogP contribution in [0.2, 0.25) is 20.1 Å². The maximum atomic E-state index is 12.5. The summed E-state index contributed by atoms with van der Waals surface area (Å²) in [5, 5.41) is 7.41. The van der Waals surface area contributed by atoms with Crippen LogP contribution in [-0.4, -0.2) is 37.1 Å². The number of rotatable bonds is 9. The molecule has 0 saturated carbocycles. The summed E-state index contributed by atoms with van der Waals surface area (Å²) in [4.78, 5) is 36.7. The molecule has 0 fully saturated rings. The molecule has 3 aromatic carbocycles. The number of amides is 2. The van der Waals surface area contributed by atoms with Gasteiger partial charge in [0, 0.05) is 10.6 Å². The molecule has 37 heavy (non-hydrogen) atoms. The van der Waals surface area contributed by atoms with E-state index in [0.717, 1.165) is 0 Å². The van der Waals surface area contributed by atoms with Crippen molar-refractivity contribution in [1.82, 2.24) is 10.7 Å². The first-order valence-corrected chi connectivity index (χ1v) is 12.2. The van der Waals surface area contributed by atoms with E-state index in [9.17, 15) is 14.4 Å². The number of hydrogen-bond acceptors (Lipinski definition) is 6. The van der Waals surface area contributed by atoms with Crippen LogP contribution < -0.4 is 20.2 Å². The van der Waals surface area contributed by atoms with E-state index in [1.54, 1.807) is 19.1 Å². The summed E-state index contributed by atoms with van der Waals surface area (Å²) in [5.74, 6) is -1.28. The topological polar surface area (TPSA) is 106 Å². The van der Waals surface area contributed by atoms with E-state index in [2.05, 4.69) is 15.8 Å². The van der Waals surface area contributed by atoms with E-state index in [0.29, 0.717) is 22.2 Å². The molecule has 3 aromatic rings. The van der Waals surface area contributed by atoms with E-state index < -0.39 is 17.8 Å². The molecule has 0 aliphatic carbocycles. The van der Waals surface area contributed by atoms with Crippen LogP contribution in [-0.2, 0) is 4.79 Å². The number of benzene rings is 3. The molecule has 0 aliphatic rings. The molecule has 3 rings (SSSR count). The first-order valence-electron chi connectivity index (χ1n) is 10.7. The molecule has 0 aromatic heterocycles. The van der Waals surface area contributed by atoms with Crippen LogP contribution in [0.4, 0.5) is 0 Å². The lowest BCUT2D eigenvalue weighted by Gasteiger charge is -2.12. The summed E-state index contributed by atoms with van der Waals surface area (Å²) in [7, 11) is 0. The number of carbonyl (C=O) groups is 3. The smallest absolute Gasteiger partial charge is 0.345 e. The molecule has 192 valence electrons. The fraction of sp³-hybridized carbons (Fsp3) is 0.120. The van der Waals surface area contributed by atoms with Crippen LogP contribution >= 0.6 is 46.4 Å². The Balaban J connectivity index is 1.59. The van der Waals surface area contributed by atoms with E-state index in [1.165, 1.54) is 48.7 Å². The number of hydrazone groups is 1. The van der Waals surface area contributed by atoms with Crippen molar-refractivity contribution >= 4 is 70.4 Å². The van der Waals surface area contributed by atoms with Gasteiger partial charge in [0.15, 0.2) is 11.5 Å². The summed E-state index contributed by atoms with van der Waals surface area (Å²) >= 11 is 23.7. The normalized spacial score (nSPS) is 10.7. The number of ether oxygens (including phenoxy) is 2. The molecule has 12 heteroatoms. The Morgan fingerprint density at radius 2 is 1.68 bits per heavy atom. The monoisotopic (exact) mass is 581 g/mol. The summed E-state index contributed by atoms with van der Waals surface area (Å²) in [5.41, 5.74) is 3.26. The average molecular weight is 583 g/mol. The molecule has 0 radical (unpaired) electrons. The van der Waals surface area contributed by atoms with Crippen LogP contribution in [0.25, 0.3) is 0 Å². The third kappa shape index (κ3) is 8.10. The molecule has 2 amide bonds. The summed E-state index contributed by atoms with van der Waals surface area (Å²) in [6, 6.07) is 13.5. The molecule has 0 bridgehead atoms. The largest absolute Gasteiger partial charge is 0.490 e. The van der Waals surface area contributed by atoms with Gasteiger partial charge in [-0.25, -0.2) is 10.2 Å². The van der Waals surface area contributed by atoms with Crippen molar-refractivity contribution in [2.75, 3.05) is 13.2 Å². The van der Waals surface area contributed by atoms with Gasteiger partial charge in [-0.3, -0.25) is 9.59 Å². The van der Waals surface area contributed by atoms with Gasteiger partial charge in [-0.2, -0.15) is 5.10 Å². The molecule has 0 saturated heterocycles. The third-order valence-electron chi connectivity index (χ3n) is 4.62. The molecule has 2 N–H and O–H groups in total. The van der Waals surface area contributed by atoms with E-state index >= 15 is 0 Å². The summed E-state index contributed by atoms with van der Waals surface area (Å²) in [6.07, 6.45) is 1.36. The van der Waals surface area contributed by atoms with Gasteiger partial charge in [0.1, 0.15) is 0 Å². The van der Waals surface area contributed by atoms with Crippen LogP contribution in [0.15, 0.2) is 59.7 Å². The van der Waals surface area contributed by atoms with Crippen molar-refractivity contribution in [3.63, 3.8) is 0 Å². The van der Waals surface area contributed by atoms with Gasteiger partial charge in [-0.15, -0.1) is 0 Å². The highest BCUT2D eigenvalue weighted by molar-refractivity contribution is 6.42. The van der Waals surface area contributed by atoms with Gasteiger partial charge in [-0.05, 0) is 67.1 Å². The van der Waals surface area contributed by atoms with Gasteiger partial charge >= 0.3 is 5.97 Å². The second-order valence-electron chi connectivity index (χ2n) is 7.26. The average Bonchev–Trinajstić information content (AvgIpc) is 2.85. The minimum atomic E-state index is -0.681. The zero-order chi connectivity index (χ0) is 26.9. The number of halogens is 4. The Kier molecular flexibility index (Phi) is 10.2. The minimum absolute atomic E-state index is 0.146. The third-order valence-corrected chi connectivity index (χ3v) is 5.90. The van der Waals surface area contributed by atoms with E-state index in [4.69, 9.17) is 55.9 Å². The molecule has 0 atom stereocenters. The highest BCUT2D eigenvalue weighted by Crippen LogP contribution is 2.30. The van der Waals surface area contributed by atoms with Crippen LogP contribution in [0.3, 0.4) is 0 Å². The van der Waals surface area contributed by atoms with Crippen molar-refractivity contribution in [2.24, 2.45) is 5.10 Å². The maximum Gasteiger partial charge on any atom is 0.345 e. The second-order valence-corrected chi connectivity index (χ2v) is 8.92. The Bertz CT molecular complexity index is 1360. The van der Waals surface area contributed by atoms with Crippen LogP contribution in [0.5, 0.6) is 11.5 Å². The Morgan fingerprint density at radius 1 is 0.892 bits per heavy atom. The molecule has 0 aliphatic heterocycles. The molecule has 8 nitrogen and oxygen atoms in total. The van der Waals surface area contributed by atoms with Crippen LogP contribution in [0.1, 0.15) is 33.2 Å². The quantitative estimate of drug-likeness (QED) is 0.144. The summed E-state index contributed by atoms with van der Waals surface area (Å²) in [6.45, 7) is 1.76. The second kappa shape index (κ2) is 13.3. The van der Waals surface area contributed by atoms with Crippen molar-refractivity contribution in [1.29, 1.82) is 0 Å². The van der Waals surface area contributed by atoms with Crippen LogP contribution in [0, 0.1) is 0 Å². The number of carbonyl (C=O) groups excluding carboxylic acids is 3. The zero-order valence-electron chi connectivity index (χ0n) is 19.2. The Hall–Kier alpha value is -3.30. The highest BCUT2D eigenvalue weighted by atomic mass is 35.5. The number of esters is 1. The molecular formula is C25H19Cl4N3O5. The van der Waals surface area contributed by atoms with Crippen molar-refractivity contribution in [2.45, 2.75) is 6.92 Å². The van der Waals surface area contributed by atoms with Crippen molar-refractivity contribution in [3.8, 4) is 11.5 Å². The Labute approximate surface area is 232 Å². The number of nitrogens with zero attached hydrogens (tertiary/aromatic N) is 1. The molecule has 0 spiro atoms. The minimum Gasteiger partial charge on any atom is -0.490 e. The molecular weight excluding hydrogens is 564 g/mol. The Morgan fingerprint density at radius 3 is 2.38 bits per heavy atom. The van der Waals surface area contributed by atoms with Gasteiger partial charge in [0.05, 0.1) is 40.0 Å². The lowest BCUT2D eigenvalue weighted by atomic mass is 10.2. The zero-order valence-corrected chi connectivity index (χ0v) is 22.2. The highest BCUT2D eigenvalue weighted by Gasteiger charge is 2.16. The fourth-order valence-corrected chi connectivity index (χ4v) is 3.67. The van der Waals surface area contributed by atoms with Gasteiger partial charge in [-0.1, -0.05) is 46.4 Å². The maximum absolute atomic E-state index is 12.5. The number of nitrogens with one attached hydrogen (secondary N) is 2. The first-order chi connectivity index (χ1) is 17.7. The predicted molar refractivity (Wildman–Crippen MR) is 144 cm³/mol. The lowest BCUT2D eigenvalue weighted by Crippen LogP contribution is -2.34. The van der Waals surface area contributed by atoms with Gasteiger partial charge in [0.25, 0.3) is 11.8 Å². The molecule has 0 heterocycles. The van der Waals surface area contributed by atoms with Crippen molar-refractivity contribution < 1.29 is 23.9 Å². The van der Waals surface area contributed by atoms with E-state index in [-0.39, 0.29) is 39.2 Å². The SMILES string of the molecule is CCOc1cc(C=NNC(=O)CNC(=O)c2ccc(Cl)c(Cl)c2)ccc1OC(=O)c1ccc(Cl)cc1Cl. The van der Waals surface area contributed by atoms with Gasteiger partial charge < -0.3 is 14.8 Å². The fourth-order valence-electron chi connectivity index (χ4n) is 2.89. The predicted octanol–water partition coefficient (Wildman–Crippen LogP) is 5.80. The van der Waals surface area contributed by atoms with Crippen molar-refractivity contribution in [3.05, 3.63) is 91.4 Å². The van der Waals surface area contributed by atoms with Gasteiger partial charge in [0.2, 0.25) is 0 Å².